The molecule has 1 aliphatic rings. The number of carboxylic acid groups (broad SMARTS) is 1. The molecule has 0 spiro atoms. The molecule has 1 atom stereocenters. The standard InChI is InChI=1S/C18H28N2O2/c1-14(2)12-20-9-3-4-16(13-20)11-19-10-15-5-7-17(8-6-15)18(21)22/h5-8,14,16,19H,3-4,9-13H2,1-2H3,(H,21,22). The fourth-order valence-electron chi connectivity index (χ4n) is 3.19. The van der Waals surface area contributed by atoms with Crippen LogP contribution in [0.4, 0.5) is 0 Å². The van der Waals surface area contributed by atoms with E-state index in [0.29, 0.717) is 5.56 Å². The van der Waals surface area contributed by atoms with Crippen LogP contribution in [0.5, 0.6) is 0 Å². The van der Waals surface area contributed by atoms with Crippen molar-refractivity contribution in [3.63, 3.8) is 0 Å². The summed E-state index contributed by atoms with van der Waals surface area (Å²) in [5.74, 6) is 0.595. The summed E-state index contributed by atoms with van der Waals surface area (Å²) in [6.45, 7) is 10.0. The highest BCUT2D eigenvalue weighted by atomic mass is 16.4. The zero-order chi connectivity index (χ0) is 15.9. The number of carboxylic acids is 1. The van der Waals surface area contributed by atoms with Crippen molar-refractivity contribution < 1.29 is 9.90 Å². The summed E-state index contributed by atoms with van der Waals surface area (Å²) < 4.78 is 0. The lowest BCUT2D eigenvalue weighted by atomic mass is 9.97. The van der Waals surface area contributed by atoms with Gasteiger partial charge in [-0.3, -0.25) is 0 Å². The van der Waals surface area contributed by atoms with Gasteiger partial charge in [0.05, 0.1) is 5.56 Å². The van der Waals surface area contributed by atoms with E-state index in [-0.39, 0.29) is 0 Å². The third-order valence-corrected chi connectivity index (χ3v) is 4.19. The smallest absolute Gasteiger partial charge is 0.335 e. The summed E-state index contributed by atoms with van der Waals surface area (Å²) in [4.78, 5) is 13.4. The van der Waals surface area contributed by atoms with Crippen molar-refractivity contribution in [2.75, 3.05) is 26.2 Å². The molecule has 0 aliphatic carbocycles. The highest BCUT2D eigenvalue weighted by molar-refractivity contribution is 5.87. The molecule has 1 aromatic rings. The van der Waals surface area contributed by atoms with Gasteiger partial charge in [0.15, 0.2) is 0 Å². The number of hydrogen-bond donors (Lipinski definition) is 2. The van der Waals surface area contributed by atoms with E-state index in [1.807, 2.05) is 12.1 Å². The van der Waals surface area contributed by atoms with E-state index in [0.717, 1.165) is 30.5 Å². The Hall–Kier alpha value is -1.39. The molecule has 1 aliphatic heterocycles. The Morgan fingerprint density at radius 3 is 2.73 bits per heavy atom. The van der Waals surface area contributed by atoms with Crippen molar-refractivity contribution >= 4 is 5.97 Å². The number of hydrogen-bond acceptors (Lipinski definition) is 3. The maximum Gasteiger partial charge on any atom is 0.335 e. The van der Waals surface area contributed by atoms with Gasteiger partial charge in [-0.05, 0) is 55.5 Å². The van der Waals surface area contributed by atoms with E-state index >= 15 is 0 Å². The van der Waals surface area contributed by atoms with E-state index in [9.17, 15) is 4.79 Å². The molecular formula is C18H28N2O2. The highest BCUT2D eigenvalue weighted by Gasteiger charge is 2.19. The molecule has 122 valence electrons. The molecule has 4 nitrogen and oxygen atoms in total. The predicted octanol–water partition coefficient (Wildman–Crippen LogP) is 2.84. The van der Waals surface area contributed by atoms with Gasteiger partial charge in [0, 0.05) is 19.6 Å². The SMILES string of the molecule is CC(C)CN1CCCC(CNCc2ccc(C(=O)O)cc2)C1. The van der Waals surface area contributed by atoms with Gasteiger partial charge in [-0.2, -0.15) is 0 Å². The summed E-state index contributed by atoms with van der Waals surface area (Å²) in [7, 11) is 0. The first kappa shape index (κ1) is 17.0. The molecule has 0 saturated carbocycles. The van der Waals surface area contributed by atoms with Crippen LogP contribution in [-0.2, 0) is 6.54 Å². The lowest BCUT2D eigenvalue weighted by Gasteiger charge is -2.33. The van der Waals surface area contributed by atoms with Crippen molar-refractivity contribution in [3.8, 4) is 0 Å². The Morgan fingerprint density at radius 1 is 1.36 bits per heavy atom. The van der Waals surface area contributed by atoms with Crippen molar-refractivity contribution in [2.45, 2.75) is 33.2 Å². The maximum absolute atomic E-state index is 10.8. The first-order chi connectivity index (χ1) is 10.5. The molecule has 0 amide bonds. The Morgan fingerprint density at radius 2 is 2.09 bits per heavy atom. The molecule has 2 rings (SSSR count). The van der Waals surface area contributed by atoms with E-state index in [4.69, 9.17) is 5.11 Å². The van der Waals surface area contributed by atoms with Crippen LogP contribution in [0.15, 0.2) is 24.3 Å². The number of nitrogens with zero attached hydrogens (tertiary/aromatic N) is 1. The van der Waals surface area contributed by atoms with Gasteiger partial charge in [-0.15, -0.1) is 0 Å². The van der Waals surface area contributed by atoms with Gasteiger partial charge < -0.3 is 15.3 Å². The molecular weight excluding hydrogens is 276 g/mol. The molecule has 1 unspecified atom stereocenters. The van der Waals surface area contributed by atoms with E-state index < -0.39 is 5.97 Å². The number of likely N-dealkylation sites (tertiary alicyclic amines) is 1. The van der Waals surface area contributed by atoms with Crippen LogP contribution in [0.25, 0.3) is 0 Å². The molecule has 1 heterocycles. The number of benzene rings is 1. The molecule has 1 saturated heterocycles. The zero-order valence-electron chi connectivity index (χ0n) is 13.7. The third kappa shape index (κ3) is 5.43. The average molecular weight is 304 g/mol. The fourth-order valence-corrected chi connectivity index (χ4v) is 3.19. The Labute approximate surface area is 133 Å². The molecule has 22 heavy (non-hydrogen) atoms. The first-order valence-electron chi connectivity index (χ1n) is 8.30. The van der Waals surface area contributed by atoms with Gasteiger partial charge in [0.25, 0.3) is 0 Å². The fraction of sp³-hybridized carbons (Fsp3) is 0.611. The second kappa shape index (κ2) is 8.30. The molecule has 1 aromatic carbocycles. The predicted molar refractivity (Wildman–Crippen MR) is 89.1 cm³/mol. The van der Waals surface area contributed by atoms with Crippen LogP contribution < -0.4 is 5.32 Å². The second-order valence-electron chi connectivity index (χ2n) is 6.79. The highest BCUT2D eigenvalue weighted by Crippen LogP contribution is 2.17. The zero-order valence-corrected chi connectivity index (χ0v) is 13.7. The van der Waals surface area contributed by atoms with Gasteiger partial charge >= 0.3 is 5.97 Å². The van der Waals surface area contributed by atoms with Crippen LogP contribution in [0.3, 0.4) is 0 Å². The number of rotatable bonds is 7. The minimum Gasteiger partial charge on any atom is -0.478 e. The maximum atomic E-state index is 10.8. The molecule has 1 fully saturated rings. The van der Waals surface area contributed by atoms with Gasteiger partial charge in [0.1, 0.15) is 0 Å². The summed E-state index contributed by atoms with van der Waals surface area (Å²) in [5.41, 5.74) is 1.49. The second-order valence-corrected chi connectivity index (χ2v) is 6.79. The molecule has 0 bridgehead atoms. The van der Waals surface area contributed by atoms with Gasteiger partial charge in [-0.1, -0.05) is 26.0 Å². The summed E-state index contributed by atoms with van der Waals surface area (Å²) in [6.07, 6.45) is 2.60. The minimum atomic E-state index is -0.869. The van der Waals surface area contributed by atoms with Crippen LogP contribution >= 0.6 is 0 Å². The number of aromatic carboxylic acids is 1. The van der Waals surface area contributed by atoms with Crippen molar-refractivity contribution in [3.05, 3.63) is 35.4 Å². The van der Waals surface area contributed by atoms with Gasteiger partial charge in [0.2, 0.25) is 0 Å². The van der Waals surface area contributed by atoms with E-state index in [2.05, 4.69) is 24.1 Å². The monoisotopic (exact) mass is 304 g/mol. The Kier molecular flexibility index (Phi) is 6.40. The number of nitrogens with one attached hydrogen (secondary N) is 1. The van der Waals surface area contributed by atoms with E-state index in [1.165, 1.54) is 32.5 Å². The quantitative estimate of drug-likeness (QED) is 0.813. The van der Waals surface area contributed by atoms with Crippen LogP contribution in [0.2, 0.25) is 0 Å². The first-order valence-corrected chi connectivity index (χ1v) is 8.30. The molecule has 0 aromatic heterocycles. The molecule has 4 heteroatoms. The number of carbonyl (C=O) groups is 1. The Balaban J connectivity index is 1.72. The average Bonchev–Trinajstić information content (AvgIpc) is 2.47. The summed E-state index contributed by atoms with van der Waals surface area (Å²) >= 11 is 0. The normalized spacial score (nSPS) is 19.5. The molecule has 2 N–H and O–H groups in total. The minimum absolute atomic E-state index is 0.348. The third-order valence-electron chi connectivity index (χ3n) is 4.19. The van der Waals surface area contributed by atoms with Gasteiger partial charge in [-0.25, -0.2) is 4.79 Å². The van der Waals surface area contributed by atoms with Crippen LogP contribution in [0, 0.1) is 11.8 Å². The van der Waals surface area contributed by atoms with Crippen molar-refractivity contribution in [1.82, 2.24) is 10.2 Å². The Bertz CT molecular complexity index is 470. The van der Waals surface area contributed by atoms with Crippen molar-refractivity contribution in [1.29, 1.82) is 0 Å². The summed E-state index contributed by atoms with van der Waals surface area (Å²) in [6, 6.07) is 7.12. The lowest BCUT2D eigenvalue weighted by Crippen LogP contribution is -2.41. The largest absolute Gasteiger partial charge is 0.478 e. The van der Waals surface area contributed by atoms with E-state index in [1.54, 1.807) is 12.1 Å². The lowest BCUT2D eigenvalue weighted by molar-refractivity contribution is 0.0697. The number of piperidine rings is 1. The van der Waals surface area contributed by atoms with Crippen LogP contribution in [0.1, 0.15) is 42.6 Å². The topological polar surface area (TPSA) is 52.6 Å². The van der Waals surface area contributed by atoms with Crippen molar-refractivity contribution in [2.24, 2.45) is 11.8 Å². The molecule has 0 radical (unpaired) electrons. The van der Waals surface area contributed by atoms with Crippen LogP contribution in [-0.4, -0.2) is 42.2 Å². The summed E-state index contributed by atoms with van der Waals surface area (Å²) in [5, 5.41) is 12.4.